The number of nitrogens with one attached hydrogen (secondary N) is 4. The molecule has 1 aliphatic carbocycles. The Morgan fingerprint density at radius 3 is 2.04 bits per heavy atom. The maximum atomic E-state index is 14.5. The van der Waals surface area contributed by atoms with Crippen LogP contribution in [0, 0.1) is 29.1 Å². The molecule has 3 unspecified atom stereocenters. The Balaban J connectivity index is 2.43. The van der Waals surface area contributed by atoms with Crippen molar-refractivity contribution in [3.05, 3.63) is 0 Å². The largest absolute Gasteiger partial charge is 0.349 e. The average molecular weight is 722 g/mol. The monoisotopic (exact) mass is 721 g/mol. The van der Waals surface area contributed by atoms with Gasteiger partial charge in [0.1, 0.15) is 12.1 Å². The summed E-state index contributed by atoms with van der Waals surface area (Å²) in [6.45, 7) is 18.7. The highest BCUT2D eigenvalue weighted by Crippen LogP contribution is 2.40. The average Bonchev–Trinajstić information content (AvgIpc) is 3.45. The lowest BCUT2D eigenvalue weighted by Crippen LogP contribution is -2.64. The molecule has 284 valence electrons. The first-order valence-corrected chi connectivity index (χ1v) is 19.7. The molecule has 12 nitrogen and oxygen atoms in total. The first-order valence-electron chi connectivity index (χ1n) is 18.1. The number of nitrogens with zero attached hydrogens (tertiary/aromatic N) is 1. The number of amides is 5. The number of ketones is 1. The molecule has 2 aliphatic rings. The predicted molar refractivity (Wildman–Crippen MR) is 196 cm³/mol. The molecule has 0 bridgehead atoms. The number of carbonyl (C=O) groups excluding carboxylic acids is 5. The molecule has 1 heterocycles. The number of carbonyl (C=O) groups is 5. The van der Waals surface area contributed by atoms with E-state index in [4.69, 9.17) is 6.42 Å². The van der Waals surface area contributed by atoms with Gasteiger partial charge < -0.3 is 26.2 Å². The molecule has 1 saturated carbocycles. The van der Waals surface area contributed by atoms with Gasteiger partial charge in [-0.1, -0.05) is 67.7 Å². The Labute approximate surface area is 300 Å². The van der Waals surface area contributed by atoms with E-state index in [1.54, 1.807) is 20.8 Å². The maximum Gasteiger partial charge on any atom is 0.315 e. The van der Waals surface area contributed by atoms with Crippen molar-refractivity contribution in [1.82, 2.24) is 26.2 Å². The Morgan fingerprint density at radius 2 is 1.54 bits per heavy atom. The molecule has 0 aromatic carbocycles. The van der Waals surface area contributed by atoms with E-state index in [1.165, 1.54) is 4.90 Å². The Kier molecular flexibility index (Phi) is 14.6. The van der Waals surface area contributed by atoms with Crippen LogP contribution in [0.5, 0.6) is 0 Å². The lowest BCUT2D eigenvalue weighted by atomic mass is 9.75. The van der Waals surface area contributed by atoms with Crippen molar-refractivity contribution < 1.29 is 32.4 Å². The standard InChI is InChI=1S/C37H63N5O7S/c1-12-14-18-26(28(43)31(45)38-22-13-2)39-30(44)27-25(34(3,4)5)19-23-42(27)32(46)29(35(6,7)8)40-33(47)41-37(20-16-15-17-21-37)24-50(48,49)36(9,10)11/h1,25-27,29H,13-24H2,2-11H3,(H,38,45)(H,39,44)(H2,40,41,47)/t25?,26?,27?,29-/m1/s1. The van der Waals surface area contributed by atoms with Gasteiger partial charge in [0, 0.05) is 19.5 Å². The van der Waals surface area contributed by atoms with Crippen LogP contribution in [0.2, 0.25) is 0 Å². The van der Waals surface area contributed by atoms with Gasteiger partial charge in [0.25, 0.3) is 5.91 Å². The fourth-order valence-electron chi connectivity index (χ4n) is 6.84. The summed E-state index contributed by atoms with van der Waals surface area (Å²) in [6.07, 6.45) is 10.3. The van der Waals surface area contributed by atoms with Crippen LogP contribution in [0.3, 0.4) is 0 Å². The third-order valence-corrected chi connectivity index (χ3v) is 12.8. The number of hydrogen-bond donors (Lipinski definition) is 4. The van der Waals surface area contributed by atoms with Gasteiger partial charge >= 0.3 is 6.03 Å². The van der Waals surface area contributed by atoms with Crippen LogP contribution in [0.15, 0.2) is 0 Å². The molecular weight excluding hydrogens is 659 g/mol. The van der Waals surface area contributed by atoms with Crippen molar-refractivity contribution in [2.45, 2.75) is 155 Å². The van der Waals surface area contributed by atoms with Crippen LogP contribution in [0.25, 0.3) is 0 Å². The number of sulfone groups is 1. The van der Waals surface area contributed by atoms with Crippen molar-refractivity contribution >= 4 is 39.4 Å². The molecule has 13 heteroatoms. The van der Waals surface area contributed by atoms with E-state index in [1.807, 2.05) is 48.5 Å². The summed E-state index contributed by atoms with van der Waals surface area (Å²) in [5, 5.41) is 11.2. The van der Waals surface area contributed by atoms with Crippen LogP contribution >= 0.6 is 0 Å². The Bertz CT molecular complexity index is 1390. The highest BCUT2D eigenvalue weighted by atomic mass is 32.2. The van der Waals surface area contributed by atoms with Crippen LogP contribution in [-0.4, -0.2) is 90.1 Å². The minimum Gasteiger partial charge on any atom is -0.349 e. The number of rotatable bonds is 13. The quantitative estimate of drug-likeness (QED) is 0.165. The zero-order chi connectivity index (χ0) is 38.3. The van der Waals surface area contributed by atoms with Crippen molar-refractivity contribution in [2.24, 2.45) is 16.7 Å². The highest BCUT2D eigenvalue weighted by molar-refractivity contribution is 7.92. The summed E-state index contributed by atoms with van der Waals surface area (Å²) in [4.78, 5) is 69.6. The van der Waals surface area contributed by atoms with E-state index in [0.29, 0.717) is 32.2 Å². The molecule has 0 spiro atoms. The van der Waals surface area contributed by atoms with Gasteiger partial charge in [-0.2, -0.15) is 0 Å². The molecule has 0 aromatic rings. The summed E-state index contributed by atoms with van der Waals surface area (Å²) in [5.74, 6) is -0.696. The van der Waals surface area contributed by atoms with Crippen LogP contribution < -0.4 is 21.3 Å². The van der Waals surface area contributed by atoms with Gasteiger partial charge in [-0.25, -0.2) is 13.2 Å². The van der Waals surface area contributed by atoms with Crippen LogP contribution in [0.1, 0.15) is 127 Å². The van der Waals surface area contributed by atoms with E-state index >= 15 is 0 Å². The SMILES string of the molecule is C#CCCC(NC(=O)C1C(C(C)(C)C)CCN1C(=O)[C@@H](NC(=O)NC1(CS(=O)(=O)C(C)(C)C)CCCCC1)C(C)(C)C)C(=O)C(=O)NCCC. The molecule has 50 heavy (non-hydrogen) atoms. The van der Waals surface area contributed by atoms with Crippen molar-refractivity contribution in [3.63, 3.8) is 0 Å². The molecule has 4 N–H and O–H groups in total. The van der Waals surface area contributed by atoms with Gasteiger partial charge in [-0.15, -0.1) is 12.3 Å². The molecule has 5 amide bonds. The summed E-state index contributed by atoms with van der Waals surface area (Å²) in [6, 6.07) is -3.88. The van der Waals surface area contributed by atoms with Crippen molar-refractivity contribution in [2.75, 3.05) is 18.8 Å². The molecule has 2 rings (SSSR count). The zero-order valence-electron chi connectivity index (χ0n) is 32.1. The molecule has 2 fully saturated rings. The van der Waals surface area contributed by atoms with E-state index in [9.17, 15) is 32.4 Å². The molecule has 1 aliphatic heterocycles. The third-order valence-electron chi connectivity index (χ3n) is 10.0. The topological polar surface area (TPSA) is 171 Å². The first kappa shape index (κ1) is 43.0. The molecular formula is C37H63N5O7S. The summed E-state index contributed by atoms with van der Waals surface area (Å²) in [5.41, 5.74) is -2.19. The van der Waals surface area contributed by atoms with Crippen LogP contribution in [-0.2, 0) is 29.0 Å². The number of urea groups is 1. The summed E-state index contributed by atoms with van der Waals surface area (Å²) >= 11 is 0. The summed E-state index contributed by atoms with van der Waals surface area (Å²) in [7, 11) is -3.58. The minimum absolute atomic E-state index is 0.0560. The van der Waals surface area contributed by atoms with Crippen LogP contribution in [0.4, 0.5) is 4.79 Å². The van der Waals surface area contributed by atoms with E-state index in [2.05, 4.69) is 27.2 Å². The van der Waals surface area contributed by atoms with Gasteiger partial charge in [-0.3, -0.25) is 19.2 Å². The predicted octanol–water partition coefficient (Wildman–Crippen LogP) is 3.87. The maximum absolute atomic E-state index is 14.5. The molecule has 0 radical (unpaired) electrons. The lowest BCUT2D eigenvalue weighted by molar-refractivity contribution is -0.145. The molecule has 0 aromatic heterocycles. The van der Waals surface area contributed by atoms with Crippen molar-refractivity contribution in [3.8, 4) is 12.3 Å². The fraction of sp³-hybridized carbons (Fsp3) is 0.811. The second kappa shape index (κ2) is 16.9. The molecule has 4 atom stereocenters. The second-order valence-electron chi connectivity index (χ2n) is 17.3. The minimum atomic E-state index is -3.58. The third kappa shape index (κ3) is 11.2. The van der Waals surface area contributed by atoms with E-state index in [0.717, 1.165) is 19.3 Å². The normalized spacial score (nSPS) is 20.9. The Morgan fingerprint density at radius 1 is 0.940 bits per heavy atom. The number of Topliss-reactive ketones (excluding diaryl/α,β-unsaturated/α-hetero) is 1. The number of likely N-dealkylation sites (tertiary alicyclic amines) is 1. The van der Waals surface area contributed by atoms with Gasteiger partial charge in [0.2, 0.25) is 17.6 Å². The lowest BCUT2D eigenvalue weighted by Gasteiger charge is -2.41. The summed E-state index contributed by atoms with van der Waals surface area (Å²) < 4.78 is 25.6. The van der Waals surface area contributed by atoms with Gasteiger partial charge in [-0.05, 0) is 69.6 Å². The highest BCUT2D eigenvalue weighted by Gasteiger charge is 2.50. The van der Waals surface area contributed by atoms with E-state index in [-0.39, 0.29) is 31.1 Å². The zero-order valence-corrected chi connectivity index (χ0v) is 32.9. The number of terminal acetylenes is 1. The first-order chi connectivity index (χ1) is 22.9. The van der Waals surface area contributed by atoms with Gasteiger partial charge in [0.15, 0.2) is 9.84 Å². The second-order valence-corrected chi connectivity index (χ2v) is 20.0. The number of hydrogen-bond acceptors (Lipinski definition) is 7. The molecule has 1 saturated heterocycles. The van der Waals surface area contributed by atoms with Gasteiger partial charge in [0.05, 0.1) is 22.1 Å². The van der Waals surface area contributed by atoms with Crippen molar-refractivity contribution in [1.29, 1.82) is 0 Å². The smallest absolute Gasteiger partial charge is 0.315 e. The Hall–Kier alpha value is -3.14. The van der Waals surface area contributed by atoms with E-state index < -0.39 is 78.6 Å². The fourth-order valence-corrected chi connectivity index (χ4v) is 8.37.